The minimum atomic E-state index is -5.17. The summed E-state index contributed by atoms with van der Waals surface area (Å²) in [5.41, 5.74) is 0. The summed E-state index contributed by atoms with van der Waals surface area (Å²) in [6.45, 7) is 0. The molecule has 0 fully saturated rings. The number of rotatable bonds is 0. The zero-order chi connectivity index (χ0) is 9.91. The topological polar surface area (TPSA) is 121 Å². The highest BCUT2D eigenvalue weighted by atomic mass is 32.3. The Labute approximate surface area is 70.0 Å². The molecule has 2 atom stereocenters. The molecule has 0 saturated carbocycles. The van der Waals surface area contributed by atoms with Gasteiger partial charge in [0.2, 0.25) is 0 Å². The van der Waals surface area contributed by atoms with Crippen molar-refractivity contribution in [1.29, 1.82) is 0 Å². The van der Waals surface area contributed by atoms with Crippen molar-refractivity contribution in [3.63, 3.8) is 0 Å². The summed E-state index contributed by atoms with van der Waals surface area (Å²) >= 11 is 0. The largest absolute Gasteiger partial charge is 0.759 e. The molecule has 0 spiro atoms. The van der Waals surface area contributed by atoms with Crippen LogP contribution in [0.3, 0.4) is 0 Å². The van der Waals surface area contributed by atoms with E-state index in [2.05, 4.69) is 0 Å². The van der Waals surface area contributed by atoms with E-state index in [1.807, 2.05) is 0 Å². The molecule has 11 heavy (non-hydrogen) atoms. The second kappa shape index (κ2) is 13.3. The second-order valence-electron chi connectivity index (χ2n) is 0.855. The molecule has 0 rings (SSSR count). The molecular formula is C2H12O6P2S. The van der Waals surface area contributed by atoms with Crippen molar-refractivity contribution in [1.82, 2.24) is 0 Å². The molecule has 0 saturated heterocycles. The van der Waals surface area contributed by atoms with Gasteiger partial charge in [-0.05, 0) is 0 Å². The fourth-order valence-corrected chi connectivity index (χ4v) is 0. The van der Waals surface area contributed by atoms with Crippen LogP contribution in [0.25, 0.3) is 0 Å². The molecule has 0 radical (unpaired) electrons. The van der Waals surface area contributed by atoms with Gasteiger partial charge in [-0.25, -0.2) is 0 Å². The number of hydrogen-bond acceptors (Lipinski definition) is 6. The van der Waals surface area contributed by atoms with E-state index < -0.39 is 10.4 Å². The summed E-state index contributed by atoms with van der Waals surface area (Å²) in [5, 5.41) is 15.2. The Morgan fingerprint density at radius 2 is 1.09 bits per heavy atom. The van der Waals surface area contributed by atoms with Crippen molar-refractivity contribution in [3.05, 3.63) is 0 Å². The Kier molecular flexibility index (Phi) is 21.3. The fourth-order valence-electron chi connectivity index (χ4n) is 0. The Morgan fingerprint density at radius 3 is 1.09 bits per heavy atom. The van der Waals surface area contributed by atoms with Crippen LogP contribution < -0.4 is 0 Å². The Balaban J connectivity index is -0.0000000933. The maximum Gasteiger partial charge on any atom is 0.147 e. The van der Waals surface area contributed by atoms with E-state index in [-0.39, 0.29) is 12.7 Å². The first-order valence-electron chi connectivity index (χ1n) is 2.30. The third-order valence-electron chi connectivity index (χ3n) is 0. The standard InChI is InChI=1S/2CH5OP.H2O4S/c2*2-1-3;1-5(2,3)4/h2*2H,1,3H2;(H2,1,2,3,4). The van der Waals surface area contributed by atoms with E-state index in [0.717, 1.165) is 0 Å². The van der Waals surface area contributed by atoms with Crippen molar-refractivity contribution >= 4 is 28.9 Å². The molecule has 6 nitrogen and oxygen atoms in total. The average Bonchev–Trinajstić information content (AvgIpc) is 1.62. The van der Waals surface area contributed by atoms with Crippen LogP contribution in [-0.2, 0) is 10.4 Å². The Bertz CT molecular complexity index is 122. The Morgan fingerprint density at radius 1 is 1.09 bits per heavy atom. The number of aliphatic hydroxyl groups excluding tert-OH is 2. The van der Waals surface area contributed by atoms with Crippen LogP contribution in [-0.4, -0.2) is 40.4 Å². The maximum atomic E-state index is 8.52. The molecule has 0 heterocycles. The van der Waals surface area contributed by atoms with Gasteiger partial charge in [0.25, 0.3) is 0 Å². The summed E-state index contributed by atoms with van der Waals surface area (Å²) in [6.07, 6.45) is 0.556. The lowest BCUT2D eigenvalue weighted by Crippen LogP contribution is -1.91. The van der Waals surface area contributed by atoms with Gasteiger partial charge in [-0.3, -0.25) is 8.42 Å². The minimum absolute atomic E-state index is 0.278. The molecule has 9 heteroatoms. The van der Waals surface area contributed by atoms with Gasteiger partial charge in [-0.15, -0.1) is 0 Å². The predicted molar refractivity (Wildman–Crippen MR) is 46.9 cm³/mol. The van der Waals surface area contributed by atoms with Crippen LogP contribution in [0.2, 0.25) is 0 Å². The first kappa shape index (κ1) is 17.7. The molecule has 0 aliphatic carbocycles. The zero-order valence-corrected chi connectivity index (χ0v) is 9.41. The lowest BCUT2D eigenvalue weighted by Gasteiger charge is -2.06. The highest BCUT2D eigenvalue weighted by molar-refractivity contribution is 7.79. The van der Waals surface area contributed by atoms with Crippen LogP contribution in [0.1, 0.15) is 0 Å². The van der Waals surface area contributed by atoms with Crippen LogP contribution in [0.15, 0.2) is 0 Å². The second-order valence-corrected chi connectivity index (χ2v) is 2.57. The van der Waals surface area contributed by atoms with Crippen molar-refractivity contribution in [3.8, 4) is 0 Å². The third kappa shape index (κ3) is 1890. The van der Waals surface area contributed by atoms with E-state index in [9.17, 15) is 0 Å². The molecule has 0 aromatic rings. The molecule has 0 aromatic carbocycles. The van der Waals surface area contributed by atoms with Gasteiger partial charge in [0, 0.05) is 28.9 Å². The van der Waals surface area contributed by atoms with Crippen LogP contribution >= 0.6 is 18.5 Å². The first-order valence-corrected chi connectivity index (χ1v) is 5.63. The van der Waals surface area contributed by atoms with Gasteiger partial charge in [-0.2, -0.15) is 0 Å². The normalized spacial score (nSPS) is 9.09. The summed E-state index contributed by atoms with van der Waals surface area (Å²) in [4.78, 5) is 0. The highest BCUT2D eigenvalue weighted by Crippen LogP contribution is 1.63. The van der Waals surface area contributed by atoms with E-state index in [1.54, 1.807) is 0 Å². The molecule has 0 aromatic heterocycles. The van der Waals surface area contributed by atoms with Gasteiger partial charge in [0.05, 0.1) is 0 Å². The smallest absolute Gasteiger partial charge is 0.147 e. The Hall–Kier alpha value is 0.650. The molecular weight excluding hydrogens is 214 g/mol. The summed E-state index contributed by atoms with van der Waals surface area (Å²) in [5.74, 6) is 0. The summed E-state index contributed by atoms with van der Waals surface area (Å²) in [7, 11) is -2.11. The monoisotopic (exact) mass is 226 g/mol. The van der Waals surface area contributed by atoms with Gasteiger partial charge in [0.1, 0.15) is 12.7 Å². The van der Waals surface area contributed by atoms with Crippen molar-refractivity contribution in [2.75, 3.05) is 12.7 Å². The average molecular weight is 226 g/mol. The molecule has 0 aliphatic heterocycles. The molecule has 0 amide bonds. The molecule has 2 N–H and O–H groups in total. The number of aliphatic hydroxyl groups is 2. The SMILES string of the molecule is O=S(=O)([O-])[O-].OC[PH3+].OC[PH3+]. The summed E-state index contributed by atoms with van der Waals surface area (Å²) in [6, 6.07) is 0. The van der Waals surface area contributed by atoms with Gasteiger partial charge >= 0.3 is 0 Å². The number of hydrogen-bond donors (Lipinski definition) is 2. The lowest BCUT2D eigenvalue weighted by atomic mass is 11.7. The van der Waals surface area contributed by atoms with Crippen LogP contribution in [0.4, 0.5) is 0 Å². The van der Waals surface area contributed by atoms with Gasteiger partial charge in [0.15, 0.2) is 0 Å². The first-order chi connectivity index (χ1) is 4.83. The van der Waals surface area contributed by atoms with Crippen molar-refractivity contribution in [2.45, 2.75) is 0 Å². The molecule has 2 unspecified atom stereocenters. The zero-order valence-electron chi connectivity index (χ0n) is 5.76. The van der Waals surface area contributed by atoms with Crippen molar-refractivity contribution in [2.24, 2.45) is 0 Å². The predicted octanol–water partition coefficient (Wildman–Crippen LogP) is -2.25. The molecule has 0 aliphatic rings. The maximum absolute atomic E-state index is 8.52. The van der Waals surface area contributed by atoms with E-state index in [1.165, 1.54) is 18.5 Å². The van der Waals surface area contributed by atoms with E-state index in [4.69, 9.17) is 27.7 Å². The van der Waals surface area contributed by atoms with Crippen LogP contribution in [0.5, 0.6) is 0 Å². The fraction of sp³-hybridized carbons (Fsp3) is 1.00. The van der Waals surface area contributed by atoms with E-state index >= 15 is 0 Å². The quantitative estimate of drug-likeness (QED) is 0.273. The summed E-state index contributed by atoms with van der Waals surface area (Å²) < 4.78 is 34.1. The molecule has 72 valence electrons. The van der Waals surface area contributed by atoms with Gasteiger partial charge < -0.3 is 19.3 Å². The van der Waals surface area contributed by atoms with Gasteiger partial charge in [-0.1, -0.05) is 0 Å². The third-order valence-corrected chi connectivity index (χ3v) is 0. The highest BCUT2D eigenvalue weighted by Gasteiger charge is 1.49. The van der Waals surface area contributed by atoms with Crippen molar-refractivity contribution < 1.29 is 27.7 Å². The minimum Gasteiger partial charge on any atom is -0.759 e. The van der Waals surface area contributed by atoms with E-state index in [0.29, 0.717) is 0 Å². The lowest BCUT2D eigenvalue weighted by molar-refractivity contribution is 0.352. The van der Waals surface area contributed by atoms with Crippen LogP contribution in [0, 0.1) is 0 Å². The molecule has 0 bridgehead atoms.